The fraction of sp³-hybridized carbons (Fsp3) is 0.304. The quantitative estimate of drug-likeness (QED) is 0.690. The molecule has 0 N–H and O–H groups in total. The Morgan fingerprint density at radius 1 is 1.04 bits per heavy atom. The lowest BCUT2D eigenvalue weighted by atomic mass is 9.97. The molecule has 2 aliphatic heterocycles. The molecule has 2 aliphatic rings. The van der Waals surface area contributed by atoms with Crippen molar-refractivity contribution in [3.8, 4) is 0 Å². The summed E-state index contributed by atoms with van der Waals surface area (Å²) in [6.07, 6.45) is 4.00. The van der Waals surface area contributed by atoms with Gasteiger partial charge in [-0.05, 0) is 36.1 Å². The molecule has 0 bridgehead atoms. The molecule has 0 spiro atoms. The molecule has 0 radical (unpaired) electrons. The third-order valence-corrected chi connectivity index (χ3v) is 5.58. The average Bonchev–Trinajstić information content (AvgIpc) is 3.33. The highest BCUT2D eigenvalue weighted by Gasteiger charge is 2.32. The highest BCUT2D eigenvalue weighted by atomic mass is 16.7. The van der Waals surface area contributed by atoms with Gasteiger partial charge in [-0.2, -0.15) is 0 Å². The number of carbonyl (C=O) groups excluding carboxylic acids is 1. The van der Waals surface area contributed by atoms with E-state index in [1.54, 1.807) is 6.20 Å². The highest BCUT2D eigenvalue weighted by molar-refractivity contribution is 5.98. The molecule has 1 aromatic heterocycles. The van der Waals surface area contributed by atoms with Gasteiger partial charge >= 0.3 is 0 Å². The number of anilines is 1. The number of benzene rings is 2. The van der Waals surface area contributed by atoms with Crippen LogP contribution in [-0.4, -0.2) is 30.1 Å². The van der Waals surface area contributed by atoms with Crippen LogP contribution in [0.15, 0.2) is 60.9 Å². The van der Waals surface area contributed by atoms with E-state index in [1.165, 1.54) is 5.56 Å². The SMILES string of the molecule is C[C@H]1COC(c2ccc(C3CC(=O)N(c4ccc5cnccc5c4)C3)cc2)O1. The standard InChI is InChI=1S/C23H22N2O3/c1-15-14-27-23(28-15)17-4-2-16(3-5-17)20-11-22(26)25(13-20)21-7-6-19-12-24-9-8-18(19)10-21/h2-10,12,15,20,23H,11,13-14H2,1H3/t15-,20?,23?/m0/s1. The first-order valence-electron chi connectivity index (χ1n) is 9.68. The van der Waals surface area contributed by atoms with E-state index in [-0.39, 0.29) is 24.2 Å². The van der Waals surface area contributed by atoms with Crippen LogP contribution in [0.3, 0.4) is 0 Å². The third kappa shape index (κ3) is 3.17. The predicted molar refractivity (Wildman–Crippen MR) is 107 cm³/mol. The molecule has 28 heavy (non-hydrogen) atoms. The number of carbonyl (C=O) groups is 1. The predicted octanol–water partition coefficient (Wildman–Crippen LogP) is 4.19. The van der Waals surface area contributed by atoms with E-state index in [4.69, 9.17) is 9.47 Å². The zero-order chi connectivity index (χ0) is 19.1. The molecule has 0 saturated carbocycles. The number of nitrogens with zero attached hydrogens (tertiary/aromatic N) is 2. The summed E-state index contributed by atoms with van der Waals surface area (Å²) in [7, 11) is 0. The van der Waals surface area contributed by atoms with E-state index in [0.717, 1.165) is 22.0 Å². The average molecular weight is 374 g/mol. The number of hydrogen-bond donors (Lipinski definition) is 0. The maximum atomic E-state index is 12.7. The molecule has 2 fully saturated rings. The molecule has 5 heteroatoms. The summed E-state index contributed by atoms with van der Waals surface area (Å²) in [6.45, 7) is 3.33. The summed E-state index contributed by atoms with van der Waals surface area (Å²) < 4.78 is 11.4. The zero-order valence-electron chi connectivity index (χ0n) is 15.7. The molecule has 3 atom stereocenters. The number of amides is 1. The van der Waals surface area contributed by atoms with Gasteiger partial charge in [0.05, 0.1) is 12.7 Å². The Bertz CT molecular complexity index is 1020. The second kappa shape index (κ2) is 7.00. The van der Waals surface area contributed by atoms with Crippen molar-refractivity contribution in [3.05, 3.63) is 72.1 Å². The Hall–Kier alpha value is -2.76. The molecule has 2 aromatic carbocycles. The van der Waals surface area contributed by atoms with Crippen LogP contribution in [0.25, 0.3) is 10.8 Å². The lowest BCUT2D eigenvalue weighted by Crippen LogP contribution is -2.24. The first-order valence-corrected chi connectivity index (χ1v) is 9.68. The zero-order valence-corrected chi connectivity index (χ0v) is 15.7. The Balaban J connectivity index is 1.34. The fourth-order valence-corrected chi connectivity index (χ4v) is 4.03. The van der Waals surface area contributed by atoms with E-state index >= 15 is 0 Å². The third-order valence-electron chi connectivity index (χ3n) is 5.58. The molecule has 3 heterocycles. The van der Waals surface area contributed by atoms with Crippen molar-refractivity contribution in [2.45, 2.75) is 31.7 Å². The maximum absolute atomic E-state index is 12.7. The van der Waals surface area contributed by atoms with Crippen LogP contribution in [-0.2, 0) is 14.3 Å². The van der Waals surface area contributed by atoms with Crippen LogP contribution in [0.4, 0.5) is 5.69 Å². The largest absolute Gasteiger partial charge is 0.346 e. The molecule has 0 aliphatic carbocycles. The van der Waals surface area contributed by atoms with E-state index in [9.17, 15) is 4.79 Å². The number of rotatable bonds is 3. The number of aromatic nitrogens is 1. The van der Waals surface area contributed by atoms with Gasteiger partial charge in [-0.15, -0.1) is 0 Å². The smallest absolute Gasteiger partial charge is 0.227 e. The topological polar surface area (TPSA) is 51.7 Å². The van der Waals surface area contributed by atoms with Crippen LogP contribution >= 0.6 is 0 Å². The maximum Gasteiger partial charge on any atom is 0.227 e. The van der Waals surface area contributed by atoms with Crippen molar-refractivity contribution in [3.63, 3.8) is 0 Å². The monoisotopic (exact) mass is 374 g/mol. The summed E-state index contributed by atoms with van der Waals surface area (Å²) in [5.41, 5.74) is 3.15. The summed E-state index contributed by atoms with van der Waals surface area (Å²) in [5.74, 6) is 0.359. The van der Waals surface area contributed by atoms with Gasteiger partial charge in [-0.3, -0.25) is 9.78 Å². The Labute approximate surface area is 163 Å². The minimum absolute atomic E-state index is 0.128. The molecule has 142 valence electrons. The van der Waals surface area contributed by atoms with Crippen molar-refractivity contribution < 1.29 is 14.3 Å². The van der Waals surface area contributed by atoms with Crippen molar-refractivity contribution in [2.75, 3.05) is 18.1 Å². The minimum atomic E-state index is -0.280. The molecule has 1 amide bonds. The van der Waals surface area contributed by atoms with Gasteiger partial charge in [0.2, 0.25) is 5.91 Å². The van der Waals surface area contributed by atoms with Gasteiger partial charge in [0.15, 0.2) is 6.29 Å². The number of fused-ring (bicyclic) bond motifs is 1. The molecular formula is C23H22N2O3. The first kappa shape index (κ1) is 17.3. The van der Waals surface area contributed by atoms with Crippen molar-refractivity contribution in [1.82, 2.24) is 4.98 Å². The molecule has 5 rings (SSSR count). The van der Waals surface area contributed by atoms with Gasteiger partial charge in [0, 0.05) is 47.9 Å². The Morgan fingerprint density at radius 3 is 2.64 bits per heavy atom. The number of pyridine rings is 1. The van der Waals surface area contributed by atoms with Crippen LogP contribution in [0, 0.1) is 0 Å². The first-order chi connectivity index (χ1) is 13.7. The molecular weight excluding hydrogens is 352 g/mol. The van der Waals surface area contributed by atoms with Crippen LogP contribution < -0.4 is 4.90 Å². The van der Waals surface area contributed by atoms with Gasteiger partial charge in [-0.1, -0.05) is 30.3 Å². The van der Waals surface area contributed by atoms with Gasteiger partial charge in [0.1, 0.15) is 0 Å². The number of hydrogen-bond acceptors (Lipinski definition) is 4. The fourth-order valence-electron chi connectivity index (χ4n) is 4.03. The van der Waals surface area contributed by atoms with Crippen molar-refractivity contribution in [1.29, 1.82) is 0 Å². The second-order valence-electron chi connectivity index (χ2n) is 7.59. The molecule has 2 unspecified atom stereocenters. The normalized spacial score (nSPS) is 25.0. The molecule has 2 saturated heterocycles. The second-order valence-corrected chi connectivity index (χ2v) is 7.59. The molecule has 3 aromatic rings. The lowest BCUT2D eigenvalue weighted by Gasteiger charge is -2.18. The van der Waals surface area contributed by atoms with Crippen LogP contribution in [0.5, 0.6) is 0 Å². The van der Waals surface area contributed by atoms with Crippen LogP contribution in [0.2, 0.25) is 0 Å². The van der Waals surface area contributed by atoms with E-state index < -0.39 is 0 Å². The summed E-state index contributed by atoms with van der Waals surface area (Å²) in [5, 5.41) is 2.18. The van der Waals surface area contributed by atoms with Crippen molar-refractivity contribution in [2.24, 2.45) is 0 Å². The minimum Gasteiger partial charge on any atom is -0.346 e. The van der Waals surface area contributed by atoms with E-state index in [0.29, 0.717) is 19.6 Å². The molecule has 5 nitrogen and oxygen atoms in total. The summed E-state index contributed by atoms with van der Waals surface area (Å²) in [4.78, 5) is 18.7. The van der Waals surface area contributed by atoms with Crippen LogP contribution in [0.1, 0.15) is 36.7 Å². The summed E-state index contributed by atoms with van der Waals surface area (Å²) in [6, 6.07) is 16.4. The van der Waals surface area contributed by atoms with Gasteiger partial charge in [-0.25, -0.2) is 0 Å². The Kier molecular flexibility index (Phi) is 4.34. The lowest BCUT2D eigenvalue weighted by molar-refractivity contribution is -0.117. The van der Waals surface area contributed by atoms with Gasteiger partial charge in [0.25, 0.3) is 0 Å². The Morgan fingerprint density at radius 2 is 1.86 bits per heavy atom. The summed E-state index contributed by atoms with van der Waals surface area (Å²) >= 11 is 0. The number of ether oxygens (including phenoxy) is 2. The van der Waals surface area contributed by atoms with Gasteiger partial charge < -0.3 is 14.4 Å². The van der Waals surface area contributed by atoms with E-state index in [1.807, 2.05) is 48.4 Å². The van der Waals surface area contributed by atoms with E-state index in [2.05, 4.69) is 23.2 Å². The van der Waals surface area contributed by atoms with Crippen molar-refractivity contribution >= 4 is 22.4 Å². The highest BCUT2D eigenvalue weighted by Crippen LogP contribution is 2.34.